The number of nitrogens with one attached hydrogen (secondary N) is 2. The van der Waals surface area contributed by atoms with Crippen molar-refractivity contribution in [2.75, 3.05) is 26.7 Å². The summed E-state index contributed by atoms with van der Waals surface area (Å²) in [6, 6.07) is -0.400. The number of esters is 1. The number of carboxylic acids is 1. The number of hydrogen-bond donors (Lipinski definition) is 3. The molecule has 0 aromatic carbocycles. The normalized spacial score (nSPS) is 19.2. The maximum atomic E-state index is 11.6. The van der Waals surface area contributed by atoms with E-state index >= 15 is 0 Å². The molecule has 2 rings (SSSR count). The van der Waals surface area contributed by atoms with Crippen LogP contribution in [-0.4, -0.2) is 66.7 Å². The zero-order chi connectivity index (χ0) is 17.9. The van der Waals surface area contributed by atoms with Crippen molar-refractivity contribution in [2.24, 2.45) is 0 Å². The lowest BCUT2D eigenvalue weighted by Gasteiger charge is -2.17. The fourth-order valence-corrected chi connectivity index (χ4v) is 2.41. The molecule has 24 heavy (non-hydrogen) atoms. The molecule has 0 aromatic heterocycles. The molecule has 0 spiro atoms. The Morgan fingerprint density at radius 2 is 1.83 bits per heavy atom. The molecule has 2 aliphatic heterocycles. The van der Waals surface area contributed by atoms with Crippen LogP contribution in [0.5, 0.6) is 0 Å². The molecule has 2 aliphatic rings. The van der Waals surface area contributed by atoms with Crippen LogP contribution in [0.4, 0.5) is 4.79 Å². The Morgan fingerprint density at radius 1 is 1.17 bits per heavy atom. The van der Waals surface area contributed by atoms with Gasteiger partial charge in [0.15, 0.2) is 0 Å². The Hall–Kier alpha value is -2.16. The summed E-state index contributed by atoms with van der Waals surface area (Å²) in [7, 11) is 1.23. The molecule has 0 radical (unpaired) electrons. The largest absolute Gasteiger partial charge is 0.481 e. The molecule has 3 N–H and O–H groups in total. The average Bonchev–Trinajstić information content (AvgIpc) is 3.25. The van der Waals surface area contributed by atoms with Gasteiger partial charge in [0.2, 0.25) is 5.91 Å². The predicted octanol–water partition coefficient (Wildman–Crippen LogP) is 0.0946. The summed E-state index contributed by atoms with van der Waals surface area (Å²) in [5.41, 5.74) is 0. The Bertz CT molecular complexity index is 430. The van der Waals surface area contributed by atoms with Crippen molar-refractivity contribution in [1.29, 1.82) is 0 Å². The molecule has 1 atom stereocenters. The molecule has 9 heteroatoms. The van der Waals surface area contributed by atoms with Gasteiger partial charge < -0.3 is 20.1 Å². The Kier molecular flexibility index (Phi) is 8.77. The smallest absolute Gasteiger partial charge is 0.324 e. The van der Waals surface area contributed by atoms with Crippen LogP contribution in [-0.2, 0) is 19.1 Å². The number of carboxylic acid groups (broad SMARTS) is 1. The van der Waals surface area contributed by atoms with Gasteiger partial charge in [-0.05, 0) is 32.2 Å². The third-order valence-corrected chi connectivity index (χ3v) is 3.77. The first-order valence-electron chi connectivity index (χ1n) is 8.05. The zero-order valence-corrected chi connectivity index (χ0v) is 13.9. The van der Waals surface area contributed by atoms with Crippen LogP contribution in [0.1, 0.15) is 38.5 Å². The summed E-state index contributed by atoms with van der Waals surface area (Å²) in [5.74, 6) is -1.65. The highest BCUT2D eigenvalue weighted by atomic mass is 16.5. The fourth-order valence-electron chi connectivity index (χ4n) is 2.41. The molecule has 2 saturated heterocycles. The van der Waals surface area contributed by atoms with Crippen molar-refractivity contribution in [3.63, 3.8) is 0 Å². The topological polar surface area (TPSA) is 125 Å². The number of hydrogen-bond acceptors (Lipinski definition) is 6. The zero-order valence-electron chi connectivity index (χ0n) is 13.9. The van der Waals surface area contributed by atoms with Gasteiger partial charge in [-0.2, -0.15) is 0 Å². The first kappa shape index (κ1) is 19.9. The number of urea groups is 1. The fraction of sp³-hybridized carbons (Fsp3) is 0.733. The van der Waals surface area contributed by atoms with Gasteiger partial charge in [-0.25, -0.2) is 4.79 Å². The quantitative estimate of drug-likeness (QED) is 0.618. The van der Waals surface area contributed by atoms with Crippen molar-refractivity contribution in [3.8, 4) is 0 Å². The van der Waals surface area contributed by atoms with Crippen molar-refractivity contribution < 1.29 is 29.0 Å². The van der Waals surface area contributed by atoms with Gasteiger partial charge in [-0.15, -0.1) is 0 Å². The number of rotatable bonds is 4. The number of carbonyl (C=O) groups excluding carboxylic acids is 3. The van der Waals surface area contributed by atoms with Crippen molar-refractivity contribution >= 4 is 23.9 Å². The number of ether oxygens (including phenoxy) is 1. The second-order valence-electron chi connectivity index (χ2n) is 5.61. The van der Waals surface area contributed by atoms with E-state index in [1.165, 1.54) is 7.11 Å². The van der Waals surface area contributed by atoms with E-state index in [2.05, 4.69) is 15.4 Å². The van der Waals surface area contributed by atoms with Gasteiger partial charge in [0.05, 0.1) is 26.0 Å². The van der Waals surface area contributed by atoms with Crippen LogP contribution >= 0.6 is 0 Å². The predicted molar refractivity (Wildman–Crippen MR) is 84.3 cm³/mol. The minimum Gasteiger partial charge on any atom is -0.481 e. The molecule has 0 aromatic rings. The highest BCUT2D eigenvalue weighted by molar-refractivity contribution is 5.97. The third-order valence-electron chi connectivity index (χ3n) is 3.77. The van der Waals surface area contributed by atoms with E-state index in [4.69, 9.17) is 5.11 Å². The monoisotopic (exact) mass is 343 g/mol. The number of amides is 3. The molecule has 3 amide bonds. The van der Waals surface area contributed by atoms with Crippen molar-refractivity contribution in [2.45, 2.75) is 44.6 Å². The lowest BCUT2D eigenvalue weighted by atomic mass is 10.2. The second kappa shape index (κ2) is 10.6. The van der Waals surface area contributed by atoms with Gasteiger partial charge in [-0.3, -0.25) is 19.7 Å². The van der Waals surface area contributed by atoms with E-state index in [9.17, 15) is 19.2 Å². The van der Waals surface area contributed by atoms with Crippen LogP contribution in [0.2, 0.25) is 0 Å². The summed E-state index contributed by atoms with van der Waals surface area (Å²) in [6.45, 7) is 2.42. The van der Waals surface area contributed by atoms with Gasteiger partial charge in [-0.1, -0.05) is 0 Å². The van der Waals surface area contributed by atoms with Gasteiger partial charge in [0.25, 0.3) is 0 Å². The Balaban J connectivity index is 0.000000277. The first-order chi connectivity index (χ1) is 11.4. The molecule has 136 valence electrons. The van der Waals surface area contributed by atoms with Crippen LogP contribution in [0.3, 0.4) is 0 Å². The lowest BCUT2D eigenvalue weighted by Crippen LogP contribution is -2.48. The van der Waals surface area contributed by atoms with E-state index in [-0.39, 0.29) is 30.8 Å². The molecule has 2 fully saturated rings. The first-order valence-corrected chi connectivity index (χ1v) is 8.05. The molecule has 9 nitrogen and oxygen atoms in total. The van der Waals surface area contributed by atoms with Crippen LogP contribution in [0, 0.1) is 0 Å². The molecule has 2 heterocycles. The summed E-state index contributed by atoms with van der Waals surface area (Å²) in [5, 5.41) is 13.6. The number of methoxy groups -OCH3 is 1. The van der Waals surface area contributed by atoms with Crippen molar-refractivity contribution in [1.82, 2.24) is 15.5 Å². The number of imide groups is 1. The number of carbonyl (C=O) groups is 4. The summed E-state index contributed by atoms with van der Waals surface area (Å²) >= 11 is 0. The lowest BCUT2D eigenvalue weighted by molar-refractivity contribution is -0.145. The third kappa shape index (κ3) is 7.40. The standard InChI is InChI=1S/C10H17N3O2.C5H8O4/c14-9(8-4-3-5-11-8)12-10(15)13-6-1-2-7-13;1-9-5(8)3-2-4(6)7/h8,11H,1-7H2,(H,12,14,15);2-3H2,1H3,(H,6,7)/t8-;/m0./s1. The van der Waals surface area contributed by atoms with E-state index in [0.717, 1.165) is 45.3 Å². The van der Waals surface area contributed by atoms with Crippen molar-refractivity contribution in [3.05, 3.63) is 0 Å². The molecule has 0 unspecified atom stereocenters. The molecular weight excluding hydrogens is 318 g/mol. The van der Waals surface area contributed by atoms with E-state index in [1.807, 2.05) is 0 Å². The Labute approximate surface area is 140 Å². The number of likely N-dealkylation sites (tertiary alicyclic amines) is 1. The molecule has 0 saturated carbocycles. The molecule has 0 aliphatic carbocycles. The highest BCUT2D eigenvalue weighted by Crippen LogP contribution is 2.08. The summed E-state index contributed by atoms with van der Waals surface area (Å²) in [4.78, 5) is 44.9. The van der Waals surface area contributed by atoms with Crippen LogP contribution in [0.25, 0.3) is 0 Å². The summed E-state index contributed by atoms with van der Waals surface area (Å²) < 4.78 is 4.20. The molecular formula is C15H25N3O6. The van der Waals surface area contributed by atoms with Crippen LogP contribution < -0.4 is 10.6 Å². The van der Waals surface area contributed by atoms with Gasteiger partial charge in [0.1, 0.15) is 0 Å². The second-order valence-corrected chi connectivity index (χ2v) is 5.61. The summed E-state index contributed by atoms with van der Waals surface area (Å²) in [6.07, 6.45) is 3.72. The molecule has 0 bridgehead atoms. The number of nitrogens with zero attached hydrogens (tertiary/aromatic N) is 1. The maximum Gasteiger partial charge on any atom is 0.324 e. The minimum atomic E-state index is -0.986. The average molecular weight is 343 g/mol. The van der Waals surface area contributed by atoms with E-state index in [1.54, 1.807) is 4.90 Å². The SMILES string of the molecule is COC(=O)CCC(=O)O.O=C(NC(=O)N1CCCC1)[C@@H]1CCCN1. The van der Waals surface area contributed by atoms with Crippen LogP contribution in [0.15, 0.2) is 0 Å². The number of aliphatic carboxylic acids is 1. The maximum absolute atomic E-state index is 11.6. The minimum absolute atomic E-state index is 0.0498. The van der Waals surface area contributed by atoms with Gasteiger partial charge >= 0.3 is 18.0 Å². The van der Waals surface area contributed by atoms with E-state index < -0.39 is 11.9 Å². The van der Waals surface area contributed by atoms with E-state index in [0.29, 0.717) is 0 Å². The Morgan fingerprint density at radius 3 is 2.33 bits per heavy atom. The highest BCUT2D eigenvalue weighted by Gasteiger charge is 2.26. The van der Waals surface area contributed by atoms with Gasteiger partial charge in [0, 0.05) is 13.1 Å².